The molecule has 0 aromatic carbocycles. The van der Waals surface area contributed by atoms with Crippen LogP contribution in [0.5, 0.6) is 0 Å². The van der Waals surface area contributed by atoms with E-state index < -0.39 is 0 Å². The smallest absolute Gasteiger partial charge is 0.156 e. The van der Waals surface area contributed by atoms with Crippen LogP contribution in [0.15, 0.2) is 4.99 Å². The van der Waals surface area contributed by atoms with E-state index in [1.165, 1.54) is 12.8 Å². The lowest BCUT2D eigenvalue weighted by molar-refractivity contribution is 0.740. The molecule has 0 aromatic heterocycles. The third kappa shape index (κ3) is 1.15. The van der Waals surface area contributed by atoms with Crippen LogP contribution >= 0.6 is 11.8 Å². The first-order valence-electron chi connectivity index (χ1n) is 3.77. The first kappa shape index (κ1) is 6.53. The van der Waals surface area contributed by atoms with E-state index in [-0.39, 0.29) is 0 Å². The van der Waals surface area contributed by atoms with E-state index in [4.69, 9.17) is 0 Å². The highest BCUT2D eigenvalue weighted by molar-refractivity contribution is 8.14. The predicted molar refractivity (Wildman–Crippen MR) is 45.5 cm³/mol. The van der Waals surface area contributed by atoms with Gasteiger partial charge in [-0.1, -0.05) is 11.8 Å². The van der Waals surface area contributed by atoms with E-state index >= 15 is 0 Å². The summed E-state index contributed by atoms with van der Waals surface area (Å²) in [5.74, 6) is 0.997. The maximum absolute atomic E-state index is 4.12. The number of amidine groups is 1. The molecule has 1 heterocycles. The van der Waals surface area contributed by atoms with Gasteiger partial charge in [0.25, 0.3) is 0 Å². The molecule has 0 radical (unpaired) electrons. The highest BCUT2D eigenvalue weighted by Crippen LogP contribution is 2.40. The van der Waals surface area contributed by atoms with E-state index in [1.807, 2.05) is 18.8 Å². The first-order chi connectivity index (χ1) is 4.90. The van der Waals surface area contributed by atoms with Crippen molar-refractivity contribution in [2.45, 2.75) is 18.1 Å². The summed E-state index contributed by atoms with van der Waals surface area (Å²) in [6.07, 6.45) is 2.88. The van der Waals surface area contributed by atoms with Gasteiger partial charge in [-0.3, -0.25) is 4.99 Å². The number of hydrogen-bond acceptors (Lipinski definition) is 2. The Labute approximate surface area is 65.5 Å². The van der Waals surface area contributed by atoms with Gasteiger partial charge in [0.15, 0.2) is 5.17 Å². The average Bonchev–Trinajstić information content (AvgIpc) is 2.70. The molecule has 1 aliphatic carbocycles. The summed E-state index contributed by atoms with van der Waals surface area (Å²) in [4.78, 5) is 4.12. The van der Waals surface area contributed by atoms with Gasteiger partial charge in [0.2, 0.25) is 0 Å². The van der Waals surface area contributed by atoms with E-state index in [9.17, 15) is 0 Å². The van der Waals surface area contributed by atoms with E-state index in [0.29, 0.717) is 0 Å². The monoisotopic (exact) mass is 156 g/mol. The Bertz CT molecular complexity index is 163. The molecule has 1 saturated carbocycles. The fourth-order valence-electron chi connectivity index (χ4n) is 1.28. The molecule has 3 heteroatoms. The minimum atomic E-state index is 0.832. The molecule has 1 aliphatic heterocycles. The molecular formula is C7H12N2S. The maximum atomic E-state index is 4.12. The predicted octanol–water partition coefficient (Wildman–Crippen LogP) is 1.09. The molecular weight excluding hydrogens is 144 g/mol. The molecule has 2 fully saturated rings. The number of nitrogens with zero attached hydrogens (tertiary/aromatic N) is 1. The van der Waals surface area contributed by atoms with E-state index in [0.717, 1.165) is 22.9 Å². The summed E-state index contributed by atoms with van der Waals surface area (Å²) in [7, 11) is 1.85. The summed E-state index contributed by atoms with van der Waals surface area (Å²) in [5, 5.41) is 5.26. The number of nitrogens with one attached hydrogen (secondary N) is 1. The van der Waals surface area contributed by atoms with Crippen LogP contribution in [0.4, 0.5) is 0 Å². The summed E-state index contributed by atoms with van der Waals surface area (Å²) >= 11 is 1.92. The third-order valence-electron chi connectivity index (χ3n) is 2.07. The molecule has 56 valence electrons. The van der Waals surface area contributed by atoms with Gasteiger partial charge in [0, 0.05) is 18.8 Å². The lowest BCUT2D eigenvalue weighted by Gasteiger charge is -2.00. The molecule has 0 aromatic rings. The zero-order valence-electron chi connectivity index (χ0n) is 6.13. The van der Waals surface area contributed by atoms with E-state index in [1.54, 1.807) is 0 Å². The molecule has 1 unspecified atom stereocenters. The fraction of sp³-hybridized carbons (Fsp3) is 0.857. The SMILES string of the molecule is CN=C1NCC(C2CC2)S1. The zero-order chi connectivity index (χ0) is 6.97. The Kier molecular flexibility index (Phi) is 1.60. The minimum Gasteiger partial charge on any atom is -0.364 e. The molecule has 2 nitrogen and oxygen atoms in total. The van der Waals surface area contributed by atoms with Gasteiger partial charge in [0.1, 0.15) is 0 Å². The second-order valence-electron chi connectivity index (χ2n) is 2.90. The minimum absolute atomic E-state index is 0.832. The van der Waals surface area contributed by atoms with Gasteiger partial charge in [-0.2, -0.15) is 0 Å². The Balaban J connectivity index is 1.92. The summed E-state index contributed by atoms with van der Waals surface area (Å²) < 4.78 is 0. The number of hydrogen-bond donors (Lipinski definition) is 1. The van der Waals surface area contributed by atoms with Crippen LogP contribution in [-0.4, -0.2) is 24.0 Å². The van der Waals surface area contributed by atoms with Crippen molar-refractivity contribution < 1.29 is 0 Å². The number of rotatable bonds is 1. The highest BCUT2D eigenvalue weighted by atomic mass is 32.2. The zero-order valence-corrected chi connectivity index (χ0v) is 6.95. The Morgan fingerprint density at radius 3 is 2.90 bits per heavy atom. The molecule has 1 atom stereocenters. The Morgan fingerprint density at radius 2 is 2.40 bits per heavy atom. The topological polar surface area (TPSA) is 24.4 Å². The molecule has 0 bridgehead atoms. The molecule has 2 aliphatic rings. The molecule has 0 spiro atoms. The first-order valence-corrected chi connectivity index (χ1v) is 4.65. The average molecular weight is 156 g/mol. The van der Waals surface area contributed by atoms with Crippen molar-refractivity contribution in [3.05, 3.63) is 0 Å². The summed E-state index contributed by atoms with van der Waals surface area (Å²) in [5.41, 5.74) is 0. The maximum Gasteiger partial charge on any atom is 0.156 e. The highest BCUT2D eigenvalue weighted by Gasteiger charge is 2.35. The van der Waals surface area contributed by atoms with Crippen molar-refractivity contribution in [2.24, 2.45) is 10.9 Å². The van der Waals surface area contributed by atoms with Crippen LogP contribution in [0, 0.1) is 5.92 Å². The quantitative estimate of drug-likeness (QED) is 0.614. The Hall–Kier alpha value is -0.180. The van der Waals surface area contributed by atoms with Crippen LogP contribution in [0.25, 0.3) is 0 Å². The van der Waals surface area contributed by atoms with Crippen LogP contribution < -0.4 is 5.32 Å². The van der Waals surface area contributed by atoms with Gasteiger partial charge in [-0.15, -0.1) is 0 Å². The normalized spacial score (nSPS) is 36.5. The second kappa shape index (κ2) is 2.46. The largest absolute Gasteiger partial charge is 0.364 e. The van der Waals surface area contributed by atoms with Crippen LogP contribution in [0.1, 0.15) is 12.8 Å². The number of aliphatic imine (C=N–C) groups is 1. The van der Waals surface area contributed by atoms with Crippen molar-refractivity contribution in [2.75, 3.05) is 13.6 Å². The van der Waals surface area contributed by atoms with Crippen LogP contribution in [0.2, 0.25) is 0 Å². The fourth-order valence-corrected chi connectivity index (χ4v) is 2.47. The molecule has 1 saturated heterocycles. The van der Waals surface area contributed by atoms with Gasteiger partial charge >= 0.3 is 0 Å². The third-order valence-corrected chi connectivity index (χ3v) is 3.47. The second-order valence-corrected chi connectivity index (χ2v) is 4.13. The summed E-state index contributed by atoms with van der Waals surface area (Å²) in [6, 6.07) is 0. The molecule has 1 N–H and O–H groups in total. The van der Waals surface area contributed by atoms with Gasteiger partial charge in [0.05, 0.1) is 0 Å². The number of thioether (sulfide) groups is 1. The Morgan fingerprint density at radius 1 is 1.60 bits per heavy atom. The van der Waals surface area contributed by atoms with Crippen molar-refractivity contribution in [1.82, 2.24) is 5.32 Å². The van der Waals surface area contributed by atoms with Crippen molar-refractivity contribution >= 4 is 16.9 Å². The van der Waals surface area contributed by atoms with Crippen molar-refractivity contribution in [3.8, 4) is 0 Å². The van der Waals surface area contributed by atoms with Gasteiger partial charge < -0.3 is 5.32 Å². The van der Waals surface area contributed by atoms with Crippen LogP contribution in [0.3, 0.4) is 0 Å². The van der Waals surface area contributed by atoms with Crippen molar-refractivity contribution in [3.63, 3.8) is 0 Å². The van der Waals surface area contributed by atoms with Gasteiger partial charge in [-0.05, 0) is 18.8 Å². The van der Waals surface area contributed by atoms with E-state index in [2.05, 4.69) is 10.3 Å². The summed E-state index contributed by atoms with van der Waals surface area (Å²) in [6.45, 7) is 1.14. The van der Waals surface area contributed by atoms with Gasteiger partial charge in [-0.25, -0.2) is 0 Å². The standard InChI is InChI=1S/C7H12N2S/c1-8-7-9-4-6(10-7)5-2-3-5/h5-6H,2-4H2,1H3,(H,8,9). The van der Waals surface area contributed by atoms with Crippen LogP contribution in [-0.2, 0) is 0 Å². The lowest BCUT2D eigenvalue weighted by atomic mass is 10.3. The molecule has 0 amide bonds. The van der Waals surface area contributed by atoms with Crippen molar-refractivity contribution in [1.29, 1.82) is 0 Å². The molecule has 2 rings (SSSR count). The lowest BCUT2D eigenvalue weighted by Crippen LogP contribution is -2.16. The molecule has 10 heavy (non-hydrogen) atoms.